The smallest absolute Gasteiger partial charge is 0.257 e. The van der Waals surface area contributed by atoms with Crippen LogP contribution < -0.4 is 10.1 Å². The normalized spacial score (nSPS) is 11.0. The second-order valence-electron chi connectivity index (χ2n) is 7.55. The molecule has 0 radical (unpaired) electrons. The lowest BCUT2D eigenvalue weighted by Gasteiger charge is -2.11. The van der Waals surface area contributed by atoms with Crippen molar-refractivity contribution in [3.63, 3.8) is 0 Å². The maximum Gasteiger partial charge on any atom is 0.257 e. The first-order valence-corrected chi connectivity index (χ1v) is 11.7. The summed E-state index contributed by atoms with van der Waals surface area (Å²) in [6.45, 7) is 1.12. The van der Waals surface area contributed by atoms with E-state index in [0.29, 0.717) is 40.3 Å². The van der Waals surface area contributed by atoms with E-state index in [-0.39, 0.29) is 12.5 Å². The number of benzene rings is 3. The predicted octanol–water partition coefficient (Wildman–Crippen LogP) is 6.17. The molecule has 170 valence electrons. The van der Waals surface area contributed by atoms with E-state index in [1.54, 1.807) is 30.3 Å². The summed E-state index contributed by atoms with van der Waals surface area (Å²) in [6.07, 6.45) is 1.46. The molecule has 0 saturated heterocycles. The van der Waals surface area contributed by atoms with E-state index in [1.807, 2.05) is 30.3 Å². The second-order valence-corrected chi connectivity index (χ2v) is 8.80. The molecule has 0 spiro atoms. The lowest BCUT2D eigenvalue weighted by Crippen LogP contribution is -2.30. The average Bonchev–Trinajstić information content (AvgIpc) is 3.16. The molecule has 0 atom stereocenters. The highest BCUT2D eigenvalue weighted by Gasteiger charge is 2.12. The number of ether oxygens (including phenoxy) is 1. The minimum absolute atomic E-state index is 0.0442. The maximum absolute atomic E-state index is 12.1. The lowest BCUT2D eigenvalue weighted by atomic mass is 10.2. The number of imidazole rings is 1. The second kappa shape index (κ2) is 10.9. The Labute approximate surface area is 207 Å². The zero-order valence-corrected chi connectivity index (χ0v) is 20.0. The number of hydrogen-bond acceptors (Lipinski definition) is 3. The molecule has 1 aromatic heterocycles. The monoisotopic (exact) mass is 501 g/mol. The van der Waals surface area contributed by atoms with Gasteiger partial charge in [-0.05, 0) is 60.5 Å². The number of fused-ring (bicyclic) bond motifs is 1. The molecule has 1 amide bonds. The first-order chi connectivity index (χ1) is 16.0. The molecular formula is C25H22Cl3N3O2. The molecule has 1 heterocycles. The highest BCUT2D eigenvalue weighted by Crippen LogP contribution is 2.25. The number of nitrogens with zero attached hydrogens (tertiary/aromatic N) is 2. The summed E-state index contributed by atoms with van der Waals surface area (Å²) in [5.74, 6) is 1.38. The average molecular weight is 503 g/mol. The first kappa shape index (κ1) is 23.4. The predicted molar refractivity (Wildman–Crippen MR) is 134 cm³/mol. The Morgan fingerprint density at radius 2 is 1.76 bits per heavy atom. The highest BCUT2D eigenvalue weighted by molar-refractivity contribution is 6.42. The number of hydrogen-bond donors (Lipinski definition) is 1. The quantitative estimate of drug-likeness (QED) is 0.278. The van der Waals surface area contributed by atoms with Gasteiger partial charge in [0.25, 0.3) is 5.91 Å². The molecule has 0 aliphatic carbocycles. The summed E-state index contributed by atoms with van der Waals surface area (Å²) >= 11 is 18.1. The molecular weight excluding hydrogens is 481 g/mol. The van der Waals surface area contributed by atoms with Crippen molar-refractivity contribution in [3.05, 3.63) is 93.2 Å². The van der Waals surface area contributed by atoms with Crippen LogP contribution >= 0.6 is 34.8 Å². The van der Waals surface area contributed by atoms with E-state index in [4.69, 9.17) is 44.5 Å². The van der Waals surface area contributed by atoms with E-state index in [0.717, 1.165) is 28.8 Å². The lowest BCUT2D eigenvalue weighted by molar-refractivity contribution is -0.123. The van der Waals surface area contributed by atoms with Gasteiger partial charge in [-0.2, -0.15) is 0 Å². The van der Waals surface area contributed by atoms with Gasteiger partial charge >= 0.3 is 0 Å². The van der Waals surface area contributed by atoms with Gasteiger partial charge < -0.3 is 14.6 Å². The third-order valence-electron chi connectivity index (χ3n) is 5.14. The number of rotatable bonds is 9. The zero-order valence-electron chi connectivity index (χ0n) is 17.7. The van der Waals surface area contributed by atoms with E-state index < -0.39 is 0 Å². The van der Waals surface area contributed by atoms with Gasteiger partial charge in [0, 0.05) is 24.5 Å². The molecule has 0 aliphatic heterocycles. The fourth-order valence-electron chi connectivity index (χ4n) is 3.52. The standard InChI is InChI=1S/C25H22Cl3N3O2/c26-18-8-10-19(11-9-18)33-16-25(32)29-13-3-6-24-30-22-4-1-2-5-23(22)31(24)15-17-7-12-20(27)21(28)14-17/h1-2,4-5,7-12,14H,3,6,13,15-16H2,(H,29,32). The van der Waals surface area contributed by atoms with Gasteiger partial charge in [-0.25, -0.2) is 4.98 Å². The summed E-state index contributed by atoms with van der Waals surface area (Å²) < 4.78 is 7.66. The molecule has 5 nitrogen and oxygen atoms in total. The fourth-order valence-corrected chi connectivity index (χ4v) is 3.96. The van der Waals surface area contributed by atoms with Gasteiger partial charge in [0.2, 0.25) is 0 Å². The summed E-state index contributed by atoms with van der Waals surface area (Å²) in [5.41, 5.74) is 3.04. The summed E-state index contributed by atoms with van der Waals surface area (Å²) in [7, 11) is 0. The fraction of sp³-hybridized carbons (Fsp3) is 0.200. The summed E-state index contributed by atoms with van der Waals surface area (Å²) in [6, 6.07) is 20.6. The van der Waals surface area contributed by atoms with Gasteiger partial charge in [0.15, 0.2) is 6.61 Å². The molecule has 0 aliphatic rings. The minimum Gasteiger partial charge on any atom is -0.484 e. The number of carbonyl (C=O) groups excluding carboxylic acids is 1. The van der Waals surface area contributed by atoms with Crippen molar-refractivity contribution < 1.29 is 9.53 Å². The molecule has 0 unspecified atom stereocenters. The number of carbonyl (C=O) groups is 1. The van der Waals surface area contributed by atoms with Gasteiger partial charge in [-0.3, -0.25) is 4.79 Å². The summed E-state index contributed by atoms with van der Waals surface area (Å²) in [5, 5.41) is 4.58. The Hall–Kier alpha value is -2.73. The van der Waals surface area contributed by atoms with E-state index in [9.17, 15) is 4.79 Å². The van der Waals surface area contributed by atoms with Crippen molar-refractivity contribution >= 4 is 51.7 Å². The number of nitrogens with one attached hydrogen (secondary N) is 1. The van der Waals surface area contributed by atoms with Crippen LogP contribution in [0.1, 0.15) is 17.8 Å². The number of halogens is 3. The Kier molecular flexibility index (Phi) is 7.76. The molecule has 4 rings (SSSR count). The van der Waals surface area contributed by atoms with Crippen molar-refractivity contribution in [1.82, 2.24) is 14.9 Å². The van der Waals surface area contributed by atoms with Crippen molar-refractivity contribution in [3.8, 4) is 5.75 Å². The van der Waals surface area contributed by atoms with Gasteiger partial charge in [-0.1, -0.05) is 53.0 Å². The van der Waals surface area contributed by atoms with Crippen molar-refractivity contribution in [2.45, 2.75) is 19.4 Å². The molecule has 3 aromatic carbocycles. The largest absolute Gasteiger partial charge is 0.484 e. The van der Waals surface area contributed by atoms with Crippen LogP contribution in [0.2, 0.25) is 15.1 Å². The minimum atomic E-state index is -0.172. The molecule has 0 saturated carbocycles. The van der Waals surface area contributed by atoms with Crippen LogP contribution in [0, 0.1) is 0 Å². The molecule has 8 heteroatoms. The van der Waals surface area contributed by atoms with Crippen LogP contribution in [0.25, 0.3) is 11.0 Å². The number of para-hydroxylation sites is 2. The maximum atomic E-state index is 12.1. The van der Waals surface area contributed by atoms with E-state index in [1.165, 1.54) is 0 Å². The van der Waals surface area contributed by atoms with Crippen LogP contribution in [0.3, 0.4) is 0 Å². The topological polar surface area (TPSA) is 56.1 Å². The Bertz CT molecular complexity index is 1260. The molecule has 33 heavy (non-hydrogen) atoms. The first-order valence-electron chi connectivity index (χ1n) is 10.5. The molecule has 1 N–H and O–H groups in total. The van der Waals surface area contributed by atoms with E-state index in [2.05, 4.69) is 16.0 Å². The number of aromatic nitrogens is 2. The van der Waals surface area contributed by atoms with Crippen LogP contribution in [0.4, 0.5) is 0 Å². The summed E-state index contributed by atoms with van der Waals surface area (Å²) in [4.78, 5) is 16.9. The molecule has 0 bridgehead atoms. The van der Waals surface area contributed by atoms with Gasteiger partial charge in [0.05, 0.1) is 21.1 Å². The Morgan fingerprint density at radius 3 is 2.55 bits per heavy atom. The third-order valence-corrected chi connectivity index (χ3v) is 6.13. The Morgan fingerprint density at radius 1 is 0.970 bits per heavy atom. The van der Waals surface area contributed by atoms with Crippen molar-refractivity contribution in [2.24, 2.45) is 0 Å². The van der Waals surface area contributed by atoms with Crippen molar-refractivity contribution in [1.29, 1.82) is 0 Å². The van der Waals surface area contributed by atoms with Crippen LogP contribution in [0.15, 0.2) is 66.7 Å². The molecule has 4 aromatic rings. The number of amides is 1. The van der Waals surface area contributed by atoms with Crippen LogP contribution in [0.5, 0.6) is 5.75 Å². The highest BCUT2D eigenvalue weighted by atomic mass is 35.5. The zero-order chi connectivity index (χ0) is 23.2. The van der Waals surface area contributed by atoms with Gasteiger partial charge in [0.1, 0.15) is 11.6 Å². The van der Waals surface area contributed by atoms with Crippen LogP contribution in [-0.4, -0.2) is 28.6 Å². The van der Waals surface area contributed by atoms with E-state index >= 15 is 0 Å². The van der Waals surface area contributed by atoms with Crippen LogP contribution in [-0.2, 0) is 17.8 Å². The SMILES string of the molecule is O=C(COc1ccc(Cl)cc1)NCCCc1nc2ccccc2n1Cc1ccc(Cl)c(Cl)c1. The molecule has 0 fully saturated rings. The third kappa shape index (κ3) is 6.20. The van der Waals surface area contributed by atoms with Crippen molar-refractivity contribution in [2.75, 3.05) is 13.2 Å². The number of aryl methyl sites for hydroxylation is 1. The van der Waals surface area contributed by atoms with Gasteiger partial charge in [-0.15, -0.1) is 0 Å². The Balaban J connectivity index is 1.35.